The van der Waals surface area contributed by atoms with Crippen molar-refractivity contribution in [3.05, 3.63) is 42.8 Å². The number of hydrogen-bond donors (Lipinski definition) is 0. The van der Waals surface area contributed by atoms with Crippen LogP contribution in [0.4, 0.5) is 8.78 Å². The summed E-state index contributed by atoms with van der Waals surface area (Å²) in [6.07, 6.45) is 0. The van der Waals surface area contributed by atoms with Gasteiger partial charge in [0.15, 0.2) is 0 Å². The number of rotatable bonds is 0. The van der Waals surface area contributed by atoms with E-state index >= 15 is 0 Å². The van der Waals surface area contributed by atoms with Gasteiger partial charge in [0.05, 0.1) is 0 Å². The Kier molecular flexibility index (Phi) is 16.4. The van der Waals surface area contributed by atoms with Crippen LogP contribution in [-0.4, -0.2) is 0 Å². The monoisotopic (exact) mass is 242 g/mol. The molecule has 0 amide bonds. The van der Waals surface area contributed by atoms with Crippen molar-refractivity contribution < 1.29 is 28.3 Å². The Morgan fingerprint density at radius 2 is 1.75 bits per heavy atom. The van der Waals surface area contributed by atoms with Gasteiger partial charge in [-0.25, -0.2) is 4.39 Å². The Morgan fingerprint density at radius 3 is 2.00 bits per heavy atom. The minimum absolute atomic E-state index is 0. The van der Waals surface area contributed by atoms with E-state index in [9.17, 15) is 8.78 Å². The Hall–Kier alpha value is -0.00662. The molecule has 0 aliphatic heterocycles. The standard InChI is InChI=1S/C6H3F2.C2H5.ClH.Zn/c7-5-3-1-2-4-6(5)8;1-2;;/h1,3-4H;1H2,2H3;1H;/q2*-1;;+2. The van der Waals surface area contributed by atoms with E-state index in [1.807, 2.05) is 0 Å². The van der Waals surface area contributed by atoms with Gasteiger partial charge < -0.3 is 6.92 Å². The van der Waals surface area contributed by atoms with E-state index in [1.165, 1.54) is 6.07 Å². The largest absolute Gasteiger partial charge is 2.00 e. The van der Waals surface area contributed by atoms with Gasteiger partial charge in [-0.05, 0) is 0 Å². The van der Waals surface area contributed by atoms with E-state index in [4.69, 9.17) is 0 Å². The third-order valence-corrected chi connectivity index (χ3v) is 0.764. The maximum absolute atomic E-state index is 11.9. The van der Waals surface area contributed by atoms with E-state index in [1.54, 1.807) is 6.92 Å². The van der Waals surface area contributed by atoms with Crippen LogP contribution in [0.1, 0.15) is 6.92 Å². The molecule has 64 valence electrons. The zero-order valence-corrected chi connectivity index (χ0v) is 10.6. The Bertz CT molecular complexity index is 173. The Balaban J connectivity index is -0.000000189. The normalized spacial score (nSPS) is 6.67. The van der Waals surface area contributed by atoms with Crippen LogP contribution in [0.25, 0.3) is 0 Å². The van der Waals surface area contributed by atoms with Gasteiger partial charge >= 0.3 is 19.5 Å². The molecule has 0 spiro atoms. The maximum atomic E-state index is 11.9. The molecule has 0 unspecified atom stereocenters. The molecule has 0 aromatic heterocycles. The van der Waals surface area contributed by atoms with Crippen molar-refractivity contribution in [3.8, 4) is 0 Å². The second-order valence-corrected chi connectivity index (χ2v) is 1.34. The summed E-state index contributed by atoms with van der Waals surface area (Å²) in [6, 6.07) is 5.68. The van der Waals surface area contributed by atoms with Gasteiger partial charge in [-0.15, -0.1) is 24.5 Å². The van der Waals surface area contributed by atoms with Crippen LogP contribution in [0.15, 0.2) is 18.2 Å². The van der Waals surface area contributed by atoms with Crippen molar-refractivity contribution in [2.24, 2.45) is 0 Å². The van der Waals surface area contributed by atoms with Crippen LogP contribution in [0, 0.1) is 24.6 Å². The van der Waals surface area contributed by atoms with Crippen LogP contribution in [0.5, 0.6) is 0 Å². The summed E-state index contributed by atoms with van der Waals surface area (Å²) in [7, 11) is 0. The molecule has 0 aliphatic rings. The van der Waals surface area contributed by atoms with Crippen LogP contribution >= 0.6 is 12.4 Å². The van der Waals surface area contributed by atoms with Gasteiger partial charge in [0, 0.05) is 11.6 Å². The predicted molar refractivity (Wildman–Crippen MR) is 43.5 cm³/mol. The quantitative estimate of drug-likeness (QED) is 0.486. The molecule has 12 heavy (non-hydrogen) atoms. The smallest absolute Gasteiger partial charge is 0.346 e. The molecular formula is C8H9ClF2Zn. The number of hydrogen-bond acceptors (Lipinski definition) is 0. The third-order valence-electron chi connectivity index (χ3n) is 0.764. The molecule has 0 bridgehead atoms. The number of benzene rings is 1. The van der Waals surface area contributed by atoms with E-state index in [-0.39, 0.29) is 31.9 Å². The average Bonchev–Trinajstić information content (AvgIpc) is 2.00. The van der Waals surface area contributed by atoms with Crippen molar-refractivity contribution in [2.75, 3.05) is 0 Å². The molecule has 0 heterocycles. The molecule has 0 saturated heterocycles. The summed E-state index contributed by atoms with van der Waals surface area (Å²) in [5.74, 6) is -1.68. The zero-order chi connectivity index (χ0) is 7.98. The molecule has 1 aromatic carbocycles. The second kappa shape index (κ2) is 11.0. The second-order valence-electron chi connectivity index (χ2n) is 1.34. The van der Waals surface area contributed by atoms with Gasteiger partial charge in [0.1, 0.15) is 0 Å². The van der Waals surface area contributed by atoms with Crippen molar-refractivity contribution in [1.82, 2.24) is 0 Å². The Labute approximate surface area is 90.5 Å². The summed E-state index contributed by atoms with van der Waals surface area (Å²) in [5, 5.41) is 0. The molecule has 1 aromatic rings. The van der Waals surface area contributed by atoms with Gasteiger partial charge in [-0.2, -0.15) is 19.1 Å². The van der Waals surface area contributed by atoms with E-state index in [0.717, 1.165) is 12.1 Å². The topological polar surface area (TPSA) is 0 Å². The molecule has 0 atom stereocenters. The molecular weight excluding hydrogens is 235 g/mol. The fraction of sp³-hybridized carbons (Fsp3) is 0.125. The number of halogens is 3. The van der Waals surface area contributed by atoms with Gasteiger partial charge in [0.2, 0.25) is 0 Å². The van der Waals surface area contributed by atoms with Crippen LogP contribution in [0.2, 0.25) is 0 Å². The molecule has 0 fully saturated rings. The molecule has 1 rings (SSSR count). The predicted octanol–water partition coefficient (Wildman–Crippen LogP) is 3.02. The summed E-state index contributed by atoms with van der Waals surface area (Å²) in [5.41, 5.74) is 0. The molecule has 0 nitrogen and oxygen atoms in total. The van der Waals surface area contributed by atoms with Gasteiger partial charge in [-0.3, -0.25) is 4.39 Å². The van der Waals surface area contributed by atoms with Crippen molar-refractivity contribution in [3.63, 3.8) is 0 Å². The summed E-state index contributed by atoms with van der Waals surface area (Å²) in [4.78, 5) is 0. The van der Waals surface area contributed by atoms with Crippen LogP contribution in [-0.2, 0) is 19.5 Å². The van der Waals surface area contributed by atoms with Crippen LogP contribution < -0.4 is 0 Å². The van der Waals surface area contributed by atoms with Crippen molar-refractivity contribution in [1.29, 1.82) is 0 Å². The zero-order valence-electron chi connectivity index (χ0n) is 6.81. The van der Waals surface area contributed by atoms with Crippen molar-refractivity contribution in [2.45, 2.75) is 6.92 Å². The first-order chi connectivity index (χ1) is 4.80. The average molecular weight is 244 g/mol. The SMILES string of the molecule is Cl.Fc1c[c-]ccc1F.[CH2-]C.[Zn+2]. The van der Waals surface area contributed by atoms with Crippen LogP contribution in [0.3, 0.4) is 0 Å². The van der Waals surface area contributed by atoms with E-state index in [0.29, 0.717) is 0 Å². The molecule has 0 aliphatic carbocycles. The summed E-state index contributed by atoms with van der Waals surface area (Å²) < 4.78 is 23.8. The summed E-state index contributed by atoms with van der Waals surface area (Å²) in [6.45, 7) is 5.00. The maximum Gasteiger partial charge on any atom is 2.00 e. The third kappa shape index (κ3) is 6.69. The first kappa shape index (κ1) is 17.9. The molecule has 0 N–H and O–H groups in total. The molecule has 0 radical (unpaired) electrons. The molecule has 0 saturated carbocycles. The summed E-state index contributed by atoms with van der Waals surface area (Å²) >= 11 is 0. The fourth-order valence-electron chi connectivity index (χ4n) is 0.391. The minimum atomic E-state index is -0.854. The van der Waals surface area contributed by atoms with E-state index in [2.05, 4.69) is 13.0 Å². The minimum Gasteiger partial charge on any atom is -0.346 e. The van der Waals surface area contributed by atoms with Gasteiger partial charge in [0.25, 0.3) is 0 Å². The first-order valence-corrected chi connectivity index (χ1v) is 2.82. The first-order valence-electron chi connectivity index (χ1n) is 2.82. The van der Waals surface area contributed by atoms with Crippen molar-refractivity contribution >= 4 is 12.4 Å². The molecule has 4 heteroatoms. The van der Waals surface area contributed by atoms with Gasteiger partial charge in [-0.1, -0.05) is 0 Å². The van der Waals surface area contributed by atoms with E-state index < -0.39 is 11.6 Å². The fourth-order valence-corrected chi connectivity index (χ4v) is 0.391. The Morgan fingerprint density at radius 1 is 1.25 bits per heavy atom.